The zero-order chi connectivity index (χ0) is 26.8. The number of pyridine rings is 1. The maximum Gasteiger partial charge on any atom is 0.243 e. The van der Waals surface area contributed by atoms with Crippen molar-refractivity contribution < 1.29 is 19.0 Å². The quantitative estimate of drug-likeness (QED) is 0.312. The van der Waals surface area contributed by atoms with Crippen LogP contribution in [0.4, 0.5) is 11.8 Å². The summed E-state index contributed by atoms with van der Waals surface area (Å²) in [6, 6.07) is 3.03. The number of hydrogen-bond donors (Lipinski definition) is 3. The minimum Gasteiger partial charge on any atom is -0.495 e. The molecule has 12 heteroatoms. The van der Waals surface area contributed by atoms with Gasteiger partial charge in [-0.05, 0) is 30.9 Å². The number of fused-ring (bicyclic) bond motifs is 1. The molecule has 1 saturated heterocycles. The van der Waals surface area contributed by atoms with E-state index in [-0.39, 0.29) is 18.0 Å². The van der Waals surface area contributed by atoms with E-state index in [0.717, 1.165) is 11.9 Å². The van der Waals surface area contributed by atoms with Crippen LogP contribution in [0, 0.1) is 5.92 Å². The van der Waals surface area contributed by atoms with Crippen LogP contribution in [0.2, 0.25) is 10.0 Å². The second-order valence-corrected chi connectivity index (χ2v) is 9.96. The minimum absolute atomic E-state index is 0.201. The van der Waals surface area contributed by atoms with E-state index in [0.29, 0.717) is 69.2 Å². The molecule has 3 N–H and O–H groups in total. The van der Waals surface area contributed by atoms with Crippen molar-refractivity contribution in [1.29, 1.82) is 0 Å². The molecule has 200 valence electrons. The highest BCUT2D eigenvalue weighted by Crippen LogP contribution is 2.46. The van der Waals surface area contributed by atoms with Crippen molar-refractivity contribution in [3.63, 3.8) is 0 Å². The molecule has 10 nitrogen and oxygen atoms in total. The molecule has 2 aliphatic rings. The molecule has 1 aliphatic carbocycles. The third kappa shape index (κ3) is 5.43. The van der Waals surface area contributed by atoms with Crippen LogP contribution >= 0.6 is 23.2 Å². The molecular formula is C26H28Cl2N6O4. The van der Waals surface area contributed by atoms with E-state index in [2.05, 4.69) is 27.5 Å². The SMILES string of the molecule is C=CC(=O)NC1COCC1Nc1ncc2cc(-c3c(Cl)c(OC)cc(OC)c3Cl)nc(NCC3CC3)c2n1. The molecule has 1 aromatic carbocycles. The normalized spacial score (nSPS) is 18.7. The minimum atomic E-state index is -0.262. The number of halogens is 2. The third-order valence-electron chi connectivity index (χ3n) is 6.56. The number of ether oxygens (including phenoxy) is 3. The summed E-state index contributed by atoms with van der Waals surface area (Å²) in [5.74, 6) is 2.16. The zero-order valence-corrected chi connectivity index (χ0v) is 22.5. The van der Waals surface area contributed by atoms with Gasteiger partial charge in [0.2, 0.25) is 11.9 Å². The Balaban J connectivity index is 1.54. The number of nitrogens with one attached hydrogen (secondary N) is 3. The summed E-state index contributed by atoms with van der Waals surface area (Å²) >= 11 is 13.4. The lowest BCUT2D eigenvalue weighted by atomic mass is 10.1. The number of carbonyl (C=O) groups is 1. The van der Waals surface area contributed by atoms with E-state index in [9.17, 15) is 4.79 Å². The van der Waals surface area contributed by atoms with E-state index in [1.54, 1.807) is 12.3 Å². The summed E-state index contributed by atoms with van der Waals surface area (Å²) in [4.78, 5) is 26.0. The monoisotopic (exact) mass is 558 g/mol. The number of anilines is 2. The summed E-state index contributed by atoms with van der Waals surface area (Å²) in [7, 11) is 3.06. The van der Waals surface area contributed by atoms with Crippen LogP contribution in [0.3, 0.4) is 0 Å². The van der Waals surface area contributed by atoms with Crippen LogP contribution in [0.25, 0.3) is 22.2 Å². The van der Waals surface area contributed by atoms with Gasteiger partial charge in [-0.25, -0.2) is 15.0 Å². The first-order valence-corrected chi connectivity index (χ1v) is 13.0. The third-order valence-corrected chi connectivity index (χ3v) is 7.31. The molecule has 2 atom stereocenters. The van der Waals surface area contributed by atoms with E-state index in [4.69, 9.17) is 47.4 Å². The molecule has 3 heterocycles. The van der Waals surface area contributed by atoms with Crippen LogP contribution < -0.4 is 25.4 Å². The molecule has 2 unspecified atom stereocenters. The van der Waals surface area contributed by atoms with Gasteiger partial charge in [0.25, 0.3) is 0 Å². The first-order valence-electron chi connectivity index (χ1n) is 12.2. The predicted octanol–water partition coefficient (Wildman–Crippen LogP) is 4.32. The Hall–Kier alpha value is -3.34. The lowest BCUT2D eigenvalue weighted by Gasteiger charge is -2.20. The number of rotatable bonds is 10. The number of benzene rings is 1. The average molecular weight is 559 g/mol. The fourth-order valence-corrected chi connectivity index (χ4v) is 4.97. The number of carbonyl (C=O) groups excluding carboxylic acids is 1. The molecule has 1 aliphatic heterocycles. The van der Waals surface area contributed by atoms with Crippen LogP contribution in [0.5, 0.6) is 11.5 Å². The van der Waals surface area contributed by atoms with Gasteiger partial charge in [0.15, 0.2) is 5.82 Å². The lowest BCUT2D eigenvalue weighted by molar-refractivity contribution is -0.117. The summed E-state index contributed by atoms with van der Waals surface area (Å²) in [6.07, 6.45) is 5.30. The van der Waals surface area contributed by atoms with Crippen LogP contribution in [0.1, 0.15) is 12.8 Å². The fourth-order valence-electron chi connectivity index (χ4n) is 4.28. The highest BCUT2D eigenvalue weighted by Gasteiger charge is 2.30. The van der Waals surface area contributed by atoms with Crippen molar-refractivity contribution in [2.24, 2.45) is 5.92 Å². The molecule has 1 amide bonds. The van der Waals surface area contributed by atoms with Gasteiger partial charge in [0.05, 0.1) is 55.3 Å². The van der Waals surface area contributed by atoms with Gasteiger partial charge in [0, 0.05) is 29.8 Å². The average Bonchev–Trinajstić information content (AvgIpc) is 3.66. The maximum atomic E-state index is 11.8. The summed E-state index contributed by atoms with van der Waals surface area (Å²) in [5, 5.41) is 11.0. The van der Waals surface area contributed by atoms with Crippen LogP contribution in [-0.2, 0) is 9.53 Å². The number of nitrogens with zero attached hydrogens (tertiary/aromatic N) is 3. The van der Waals surface area contributed by atoms with Gasteiger partial charge in [-0.3, -0.25) is 4.79 Å². The first-order chi connectivity index (χ1) is 18.4. The van der Waals surface area contributed by atoms with Gasteiger partial charge >= 0.3 is 0 Å². The Morgan fingerprint density at radius 1 is 1.13 bits per heavy atom. The number of amides is 1. The number of methoxy groups -OCH3 is 2. The molecule has 3 aromatic rings. The summed E-state index contributed by atoms with van der Waals surface area (Å²) < 4.78 is 16.4. The van der Waals surface area contributed by atoms with Crippen molar-refractivity contribution in [2.75, 3.05) is 44.6 Å². The zero-order valence-electron chi connectivity index (χ0n) is 21.0. The van der Waals surface area contributed by atoms with Gasteiger partial charge in [-0.1, -0.05) is 29.8 Å². The van der Waals surface area contributed by atoms with Crippen LogP contribution in [-0.4, -0.2) is 66.9 Å². The van der Waals surface area contributed by atoms with Crippen molar-refractivity contribution in [2.45, 2.75) is 24.9 Å². The second kappa shape index (κ2) is 11.2. The van der Waals surface area contributed by atoms with Crippen LogP contribution in [0.15, 0.2) is 31.0 Å². The lowest BCUT2D eigenvalue weighted by Crippen LogP contribution is -2.45. The Labute approximate surface area is 230 Å². The smallest absolute Gasteiger partial charge is 0.243 e. The van der Waals surface area contributed by atoms with E-state index in [1.165, 1.54) is 33.1 Å². The van der Waals surface area contributed by atoms with Gasteiger partial charge in [-0.15, -0.1) is 0 Å². The van der Waals surface area contributed by atoms with Gasteiger partial charge < -0.3 is 30.2 Å². The van der Waals surface area contributed by atoms with Crippen molar-refractivity contribution in [1.82, 2.24) is 20.3 Å². The summed E-state index contributed by atoms with van der Waals surface area (Å²) in [6.45, 7) is 5.07. The Bertz CT molecular complexity index is 1360. The molecular weight excluding hydrogens is 531 g/mol. The van der Waals surface area contributed by atoms with Crippen molar-refractivity contribution in [3.05, 3.63) is 41.0 Å². The van der Waals surface area contributed by atoms with E-state index in [1.807, 2.05) is 6.07 Å². The van der Waals surface area contributed by atoms with Crippen molar-refractivity contribution >= 4 is 51.8 Å². The van der Waals surface area contributed by atoms with Gasteiger partial charge in [-0.2, -0.15) is 0 Å². The van der Waals surface area contributed by atoms with E-state index < -0.39 is 0 Å². The number of hydrogen-bond acceptors (Lipinski definition) is 9. The highest BCUT2D eigenvalue weighted by molar-refractivity contribution is 6.41. The topological polar surface area (TPSA) is 120 Å². The Kier molecular flexibility index (Phi) is 7.73. The molecule has 0 radical (unpaired) electrons. The Morgan fingerprint density at radius 3 is 2.50 bits per heavy atom. The highest BCUT2D eigenvalue weighted by atomic mass is 35.5. The molecule has 0 spiro atoms. The second-order valence-electron chi connectivity index (χ2n) is 9.20. The fraction of sp³-hybridized carbons (Fsp3) is 0.385. The maximum absolute atomic E-state index is 11.8. The Morgan fingerprint density at radius 2 is 1.84 bits per heavy atom. The standard InChI is InChI=1S/C26H28Cl2N6O4/c1-4-20(35)31-16-11-38-12-17(16)33-26-30-10-14-7-15(32-25(24(14)34-26)29-9-13-5-6-13)21-22(27)18(36-2)8-19(37-3)23(21)28/h4,7-8,10,13,16-17H,1,5-6,9,11-12H2,2-3H3,(H,29,32)(H,31,35)(H,30,33,34). The first kappa shape index (κ1) is 26.3. The summed E-state index contributed by atoms with van der Waals surface area (Å²) in [5.41, 5.74) is 1.66. The molecule has 1 saturated carbocycles. The molecule has 38 heavy (non-hydrogen) atoms. The van der Waals surface area contributed by atoms with Crippen molar-refractivity contribution in [3.8, 4) is 22.8 Å². The molecule has 2 fully saturated rings. The molecule has 5 rings (SSSR count). The van der Waals surface area contributed by atoms with E-state index >= 15 is 0 Å². The van der Waals surface area contributed by atoms with Gasteiger partial charge in [0.1, 0.15) is 17.0 Å². The number of aromatic nitrogens is 3. The predicted molar refractivity (Wildman–Crippen MR) is 147 cm³/mol. The molecule has 2 aromatic heterocycles. The molecule has 0 bridgehead atoms. The largest absolute Gasteiger partial charge is 0.495 e.